The van der Waals surface area contributed by atoms with Crippen molar-refractivity contribution in [3.63, 3.8) is 0 Å². The molecule has 28 heavy (non-hydrogen) atoms. The Kier molecular flexibility index (Phi) is 5.10. The number of nitro groups is 1. The third-order valence-electron chi connectivity index (χ3n) is 4.09. The van der Waals surface area contributed by atoms with E-state index < -0.39 is 22.3 Å². The summed E-state index contributed by atoms with van der Waals surface area (Å²) >= 11 is 0. The van der Waals surface area contributed by atoms with Crippen molar-refractivity contribution in [3.8, 4) is 0 Å². The standard InChI is InChI=1S/C19H17N3O6/c1-19(25,16-10-12-4-2-3-5-15(12)28-16)11-20-17(23)18(24)21-13-6-8-14(9-7-13)22(26)27/h2-10,25H,11H2,1H3,(H,20,23)(H,21,24). The van der Waals surface area contributed by atoms with Crippen LogP contribution in [-0.2, 0) is 15.2 Å². The van der Waals surface area contributed by atoms with Crippen LogP contribution < -0.4 is 10.6 Å². The number of para-hydroxylation sites is 1. The SMILES string of the molecule is CC(O)(CNC(=O)C(=O)Nc1ccc([N+](=O)[O-])cc1)c1cc2ccccc2o1. The lowest BCUT2D eigenvalue weighted by Crippen LogP contribution is -2.43. The van der Waals surface area contributed by atoms with E-state index in [1.807, 2.05) is 12.1 Å². The van der Waals surface area contributed by atoms with Crippen LogP contribution in [0.25, 0.3) is 11.0 Å². The Bertz CT molecular complexity index is 1010. The molecular formula is C19H17N3O6. The van der Waals surface area contributed by atoms with Crippen LogP contribution in [0.4, 0.5) is 11.4 Å². The smallest absolute Gasteiger partial charge is 0.313 e. The lowest BCUT2D eigenvalue weighted by atomic mass is 10.0. The Morgan fingerprint density at radius 1 is 1.14 bits per heavy atom. The van der Waals surface area contributed by atoms with Gasteiger partial charge in [0.25, 0.3) is 5.69 Å². The van der Waals surface area contributed by atoms with Crippen LogP contribution in [0.5, 0.6) is 0 Å². The molecule has 1 aromatic heterocycles. The summed E-state index contributed by atoms with van der Waals surface area (Å²) < 4.78 is 5.59. The first-order chi connectivity index (χ1) is 13.3. The third-order valence-corrected chi connectivity index (χ3v) is 4.09. The molecule has 2 aromatic carbocycles. The maximum Gasteiger partial charge on any atom is 0.313 e. The largest absolute Gasteiger partial charge is 0.458 e. The van der Waals surface area contributed by atoms with Crippen LogP contribution in [0.2, 0.25) is 0 Å². The second kappa shape index (κ2) is 7.49. The number of fused-ring (bicyclic) bond motifs is 1. The molecule has 0 spiro atoms. The number of amides is 2. The first-order valence-electron chi connectivity index (χ1n) is 8.31. The van der Waals surface area contributed by atoms with Crippen molar-refractivity contribution in [2.24, 2.45) is 0 Å². The van der Waals surface area contributed by atoms with E-state index >= 15 is 0 Å². The summed E-state index contributed by atoms with van der Waals surface area (Å²) in [5.74, 6) is -1.67. The molecule has 9 heteroatoms. The topological polar surface area (TPSA) is 135 Å². The van der Waals surface area contributed by atoms with Gasteiger partial charge in [0.1, 0.15) is 16.9 Å². The van der Waals surface area contributed by atoms with Gasteiger partial charge in [-0.25, -0.2) is 0 Å². The minimum Gasteiger partial charge on any atom is -0.458 e. The van der Waals surface area contributed by atoms with Gasteiger partial charge in [-0.2, -0.15) is 0 Å². The van der Waals surface area contributed by atoms with Gasteiger partial charge in [-0.05, 0) is 31.2 Å². The number of rotatable bonds is 5. The highest BCUT2D eigenvalue weighted by Crippen LogP contribution is 2.27. The molecule has 9 nitrogen and oxygen atoms in total. The van der Waals surface area contributed by atoms with E-state index in [0.717, 1.165) is 5.39 Å². The predicted molar refractivity (Wildman–Crippen MR) is 101 cm³/mol. The van der Waals surface area contributed by atoms with E-state index in [0.29, 0.717) is 5.58 Å². The van der Waals surface area contributed by atoms with Crippen molar-refractivity contribution >= 4 is 34.2 Å². The Labute approximate surface area is 159 Å². The molecule has 0 bridgehead atoms. The minimum atomic E-state index is -1.53. The number of hydrogen-bond acceptors (Lipinski definition) is 6. The second-order valence-corrected chi connectivity index (χ2v) is 6.36. The van der Waals surface area contributed by atoms with Gasteiger partial charge >= 0.3 is 11.8 Å². The molecule has 0 saturated carbocycles. The van der Waals surface area contributed by atoms with Crippen molar-refractivity contribution in [1.82, 2.24) is 5.32 Å². The molecule has 0 aliphatic rings. The molecule has 144 valence electrons. The van der Waals surface area contributed by atoms with Gasteiger partial charge in [-0.15, -0.1) is 0 Å². The van der Waals surface area contributed by atoms with Crippen molar-refractivity contribution in [3.05, 3.63) is 70.5 Å². The van der Waals surface area contributed by atoms with Crippen LogP contribution in [0.3, 0.4) is 0 Å². The van der Waals surface area contributed by atoms with Gasteiger partial charge in [0.15, 0.2) is 0 Å². The number of nitrogens with one attached hydrogen (secondary N) is 2. The van der Waals surface area contributed by atoms with Gasteiger partial charge in [0.2, 0.25) is 0 Å². The highest BCUT2D eigenvalue weighted by molar-refractivity contribution is 6.39. The van der Waals surface area contributed by atoms with Crippen LogP contribution in [0, 0.1) is 10.1 Å². The first-order valence-corrected chi connectivity index (χ1v) is 8.31. The first kappa shape index (κ1) is 19.1. The zero-order valence-corrected chi connectivity index (χ0v) is 14.8. The van der Waals surface area contributed by atoms with Crippen LogP contribution >= 0.6 is 0 Å². The monoisotopic (exact) mass is 383 g/mol. The van der Waals surface area contributed by atoms with Gasteiger partial charge in [-0.3, -0.25) is 19.7 Å². The van der Waals surface area contributed by atoms with Crippen LogP contribution in [0.15, 0.2) is 59.0 Å². The summed E-state index contributed by atoms with van der Waals surface area (Å²) in [5, 5.41) is 26.7. The molecule has 3 aromatic rings. The Morgan fingerprint density at radius 3 is 2.46 bits per heavy atom. The molecule has 2 amide bonds. The Hall–Kier alpha value is -3.72. The number of benzene rings is 2. The number of carbonyl (C=O) groups is 2. The predicted octanol–water partition coefficient (Wildman–Crippen LogP) is 2.30. The van der Waals surface area contributed by atoms with Crippen LogP contribution in [0.1, 0.15) is 12.7 Å². The van der Waals surface area contributed by atoms with Gasteiger partial charge < -0.3 is 20.2 Å². The van der Waals surface area contributed by atoms with E-state index in [-0.39, 0.29) is 23.7 Å². The fourth-order valence-corrected chi connectivity index (χ4v) is 2.52. The van der Waals surface area contributed by atoms with E-state index in [1.54, 1.807) is 18.2 Å². The van der Waals surface area contributed by atoms with E-state index in [9.17, 15) is 24.8 Å². The van der Waals surface area contributed by atoms with Gasteiger partial charge in [0.05, 0.1) is 11.5 Å². The highest BCUT2D eigenvalue weighted by Gasteiger charge is 2.29. The maximum atomic E-state index is 12.0. The molecule has 0 saturated heterocycles. The van der Waals surface area contributed by atoms with Gasteiger partial charge in [-0.1, -0.05) is 18.2 Å². The quantitative estimate of drug-likeness (QED) is 0.351. The lowest BCUT2D eigenvalue weighted by Gasteiger charge is -2.20. The number of nitrogens with zero attached hydrogens (tertiary/aromatic N) is 1. The number of nitro benzene ring substituents is 1. The van der Waals surface area contributed by atoms with E-state index in [4.69, 9.17) is 4.42 Å². The van der Waals surface area contributed by atoms with Crippen molar-refractivity contribution < 1.29 is 24.0 Å². The summed E-state index contributed by atoms with van der Waals surface area (Å²) in [4.78, 5) is 34.0. The number of hydrogen-bond donors (Lipinski definition) is 3. The third kappa shape index (κ3) is 4.15. The van der Waals surface area contributed by atoms with Crippen molar-refractivity contribution in [2.75, 3.05) is 11.9 Å². The summed E-state index contributed by atoms with van der Waals surface area (Å²) in [6, 6.07) is 13.9. The number of carbonyl (C=O) groups excluding carboxylic acids is 2. The molecule has 3 rings (SSSR count). The summed E-state index contributed by atoms with van der Waals surface area (Å²) in [5.41, 5.74) is -0.832. The van der Waals surface area contributed by atoms with E-state index in [2.05, 4.69) is 10.6 Å². The highest BCUT2D eigenvalue weighted by atomic mass is 16.6. The fraction of sp³-hybridized carbons (Fsp3) is 0.158. The average molecular weight is 383 g/mol. The summed E-state index contributed by atoms with van der Waals surface area (Å²) in [6.07, 6.45) is 0. The number of aliphatic hydroxyl groups is 1. The lowest BCUT2D eigenvalue weighted by molar-refractivity contribution is -0.384. The molecule has 0 fully saturated rings. The van der Waals surface area contributed by atoms with Crippen molar-refractivity contribution in [1.29, 1.82) is 0 Å². The van der Waals surface area contributed by atoms with Crippen molar-refractivity contribution in [2.45, 2.75) is 12.5 Å². The second-order valence-electron chi connectivity index (χ2n) is 6.36. The molecule has 0 radical (unpaired) electrons. The molecule has 1 heterocycles. The van der Waals surface area contributed by atoms with Crippen LogP contribution in [-0.4, -0.2) is 28.4 Å². The normalized spacial score (nSPS) is 12.9. The molecule has 0 aliphatic heterocycles. The number of furan rings is 1. The zero-order chi connectivity index (χ0) is 20.3. The van der Waals surface area contributed by atoms with E-state index in [1.165, 1.54) is 31.2 Å². The number of anilines is 1. The molecule has 1 unspecified atom stereocenters. The maximum absolute atomic E-state index is 12.0. The molecule has 1 atom stereocenters. The Balaban J connectivity index is 1.60. The molecule has 3 N–H and O–H groups in total. The Morgan fingerprint density at radius 2 is 1.82 bits per heavy atom. The van der Waals surface area contributed by atoms with Gasteiger partial charge in [0, 0.05) is 23.2 Å². The molecular weight excluding hydrogens is 366 g/mol. The summed E-state index contributed by atoms with van der Waals surface area (Å²) in [7, 11) is 0. The summed E-state index contributed by atoms with van der Waals surface area (Å²) in [6.45, 7) is 1.21. The molecule has 0 aliphatic carbocycles. The zero-order valence-electron chi connectivity index (χ0n) is 14.8. The number of non-ortho nitro benzene ring substituents is 1. The average Bonchev–Trinajstić information content (AvgIpc) is 3.12. The minimum absolute atomic E-state index is 0.135. The fourth-order valence-electron chi connectivity index (χ4n) is 2.52.